The second kappa shape index (κ2) is 5.87. The van der Waals surface area contributed by atoms with E-state index in [1.54, 1.807) is 17.5 Å². The van der Waals surface area contributed by atoms with Gasteiger partial charge in [-0.1, -0.05) is 23.7 Å². The molecule has 3 N–H and O–H groups in total. The van der Waals surface area contributed by atoms with Gasteiger partial charge in [-0.05, 0) is 24.1 Å². The van der Waals surface area contributed by atoms with Crippen LogP contribution in [0.5, 0.6) is 0 Å². The first-order valence-corrected chi connectivity index (χ1v) is 8.22. The highest BCUT2D eigenvalue weighted by Crippen LogP contribution is 2.18. The van der Waals surface area contributed by atoms with Gasteiger partial charge in [-0.3, -0.25) is 0 Å². The van der Waals surface area contributed by atoms with Gasteiger partial charge in [-0.15, -0.1) is 11.3 Å². The fourth-order valence-corrected chi connectivity index (χ4v) is 2.88. The van der Waals surface area contributed by atoms with Gasteiger partial charge in [-0.2, -0.15) is 0 Å². The minimum Gasteiger partial charge on any atom is -0.361 e. The summed E-state index contributed by atoms with van der Waals surface area (Å²) in [5.41, 5.74) is 1.02. The van der Waals surface area contributed by atoms with Crippen LogP contribution < -0.4 is 10.5 Å². The fourth-order valence-electron chi connectivity index (χ4n) is 1.49. The lowest BCUT2D eigenvalue weighted by Gasteiger charge is -2.04. The number of sulfonamides is 1. The topological polar surface area (TPSA) is 85.1 Å². The molecule has 8 heteroatoms. The SMILES string of the molecule is NS(=O)(=O)c1ccc(CCNc2nc(Cl)cs2)cc1. The molecule has 0 radical (unpaired) electrons. The van der Waals surface area contributed by atoms with Crippen LogP contribution in [0.25, 0.3) is 0 Å². The molecule has 0 aliphatic carbocycles. The number of nitrogens with one attached hydrogen (secondary N) is 1. The van der Waals surface area contributed by atoms with Gasteiger partial charge in [0.15, 0.2) is 5.13 Å². The Balaban J connectivity index is 1.90. The summed E-state index contributed by atoms with van der Waals surface area (Å²) in [7, 11) is -3.62. The zero-order valence-electron chi connectivity index (χ0n) is 9.84. The zero-order valence-corrected chi connectivity index (χ0v) is 12.2. The van der Waals surface area contributed by atoms with Crippen molar-refractivity contribution >= 4 is 38.1 Å². The highest BCUT2D eigenvalue weighted by Gasteiger charge is 2.06. The number of aromatic nitrogens is 1. The third kappa shape index (κ3) is 4.17. The highest BCUT2D eigenvalue weighted by atomic mass is 35.5. The third-order valence-electron chi connectivity index (χ3n) is 2.42. The molecule has 0 atom stereocenters. The number of hydrogen-bond donors (Lipinski definition) is 2. The highest BCUT2D eigenvalue weighted by molar-refractivity contribution is 7.89. The van der Waals surface area contributed by atoms with Gasteiger partial charge < -0.3 is 5.32 Å². The van der Waals surface area contributed by atoms with E-state index in [0.29, 0.717) is 11.7 Å². The van der Waals surface area contributed by atoms with Gasteiger partial charge in [0.25, 0.3) is 0 Å². The first kappa shape index (κ1) is 14.3. The Morgan fingerprint density at radius 2 is 2.00 bits per heavy atom. The Hall–Kier alpha value is -1.15. The number of nitrogens with two attached hydrogens (primary N) is 1. The maximum Gasteiger partial charge on any atom is 0.238 e. The molecule has 0 saturated heterocycles. The normalized spacial score (nSPS) is 11.5. The van der Waals surface area contributed by atoms with E-state index in [1.807, 2.05) is 0 Å². The lowest BCUT2D eigenvalue weighted by Crippen LogP contribution is -2.12. The Labute approximate surface area is 120 Å². The molecule has 0 fully saturated rings. The average Bonchev–Trinajstić information content (AvgIpc) is 2.75. The minimum atomic E-state index is -3.62. The molecular formula is C11H12ClN3O2S2. The van der Waals surface area contributed by atoms with Crippen LogP contribution in [0.2, 0.25) is 5.15 Å². The van der Waals surface area contributed by atoms with E-state index in [4.69, 9.17) is 16.7 Å². The van der Waals surface area contributed by atoms with E-state index in [0.717, 1.165) is 17.1 Å². The molecule has 5 nitrogen and oxygen atoms in total. The minimum absolute atomic E-state index is 0.121. The molecule has 2 aromatic rings. The molecule has 0 aliphatic heterocycles. The van der Waals surface area contributed by atoms with Crippen LogP contribution >= 0.6 is 22.9 Å². The van der Waals surface area contributed by atoms with Crippen molar-refractivity contribution in [3.05, 3.63) is 40.4 Å². The van der Waals surface area contributed by atoms with E-state index >= 15 is 0 Å². The lowest BCUT2D eigenvalue weighted by molar-refractivity contribution is 0.598. The van der Waals surface area contributed by atoms with Crippen LogP contribution in [0, 0.1) is 0 Å². The Kier molecular flexibility index (Phi) is 4.41. The predicted octanol–water partition coefficient (Wildman–Crippen LogP) is 2.10. The molecule has 102 valence electrons. The van der Waals surface area contributed by atoms with Crippen molar-refractivity contribution < 1.29 is 8.42 Å². The lowest BCUT2D eigenvalue weighted by atomic mass is 10.1. The predicted molar refractivity (Wildman–Crippen MR) is 77.1 cm³/mol. The maximum atomic E-state index is 11.1. The molecule has 2 rings (SSSR count). The second-order valence-corrected chi connectivity index (χ2v) is 6.65. The smallest absolute Gasteiger partial charge is 0.238 e. The van der Waals surface area contributed by atoms with Crippen LogP contribution in [0.1, 0.15) is 5.56 Å². The van der Waals surface area contributed by atoms with Gasteiger partial charge in [0.05, 0.1) is 4.90 Å². The van der Waals surface area contributed by atoms with Gasteiger partial charge in [-0.25, -0.2) is 18.5 Å². The molecule has 0 saturated carbocycles. The molecule has 0 bridgehead atoms. The summed E-state index contributed by atoms with van der Waals surface area (Å²) in [6.07, 6.45) is 0.752. The van der Waals surface area contributed by atoms with E-state index in [9.17, 15) is 8.42 Å². The van der Waals surface area contributed by atoms with Crippen LogP contribution in [-0.4, -0.2) is 19.9 Å². The standard InChI is InChI=1S/C11H12ClN3O2S2/c12-10-7-18-11(15-10)14-6-5-8-1-3-9(4-2-8)19(13,16)17/h1-4,7H,5-6H2,(H,14,15)(H2,13,16,17). The van der Waals surface area contributed by atoms with Crippen LogP contribution in [0.4, 0.5) is 5.13 Å². The van der Waals surface area contributed by atoms with E-state index in [1.165, 1.54) is 23.5 Å². The average molecular weight is 318 g/mol. The number of benzene rings is 1. The molecule has 0 aliphatic rings. The van der Waals surface area contributed by atoms with Crippen molar-refractivity contribution in [1.29, 1.82) is 0 Å². The van der Waals surface area contributed by atoms with Crippen molar-refractivity contribution in [3.8, 4) is 0 Å². The number of nitrogens with zero attached hydrogens (tertiary/aromatic N) is 1. The summed E-state index contributed by atoms with van der Waals surface area (Å²) in [6, 6.07) is 6.50. The molecule has 1 heterocycles. The summed E-state index contributed by atoms with van der Waals surface area (Å²) in [5, 5.41) is 11.2. The second-order valence-electron chi connectivity index (χ2n) is 3.84. The molecule has 0 unspecified atom stereocenters. The summed E-state index contributed by atoms with van der Waals surface area (Å²) in [5.74, 6) is 0. The first-order chi connectivity index (χ1) is 8.95. The van der Waals surface area contributed by atoms with Crippen LogP contribution in [-0.2, 0) is 16.4 Å². The van der Waals surface area contributed by atoms with Crippen molar-refractivity contribution in [2.24, 2.45) is 5.14 Å². The Bertz CT molecular complexity index is 653. The van der Waals surface area contributed by atoms with E-state index in [-0.39, 0.29) is 4.90 Å². The summed E-state index contributed by atoms with van der Waals surface area (Å²) in [4.78, 5) is 4.19. The summed E-state index contributed by atoms with van der Waals surface area (Å²) >= 11 is 7.15. The molecule has 0 spiro atoms. The summed E-state index contributed by atoms with van der Waals surface area (Å²) < 4.78 is 22.2. The van der Waals surface area contributed by atoms with Gasteiger partial charge in [0.1, 0.15) is 5.15 Å². The van der Waals surface area contributed by atoms with Crippen LogP contribution in [0.15, 0.2) is 34.5 Å². The van der Waals surface area contributed by atoms with Gasteiger partial charge in [0, 0.05) is 11.9 Å². The quantitative estimate of drug-likeness (QED) is 0.884. The number of hydrogen-bond acceptors (Lipinski definition) is 5. The number of rotatable bonds is 5. The van der Waals surface area contributed by atoms with Crippen molar-refractivity contribution in [1.82, 2.24) is 4.98 Å². The Morgan fingerprint density at radius 1 is 1.32 bits per heavy atom. The fraction of sp³-hybridized carbons (Fsp3) is 0.182. The first-order valence-electron chi connectivity index (χ1n) is 5.42. The van der Waals surface area contributed by atoms with Gasteiger partial charge in [0.2, 0.25) is 10.0 Å². The largest absolute Gasteiger partial charge is 0.361 e. The number of anilines is 1. The Morgan fingerprint density at radius 3 is 2.53 bits per heavy atom. The number of thiazole rings is 1. The molecule has 0 amide bonds. The van der Waals surface area contributed by atoms with Crippen molar-refractivity contribution in [3.63, 3.8) is 0 Å². The molecule has 1 aromatic heterocycles. The monoisotopic (exact) mass is 317 g/mol. The van der Waals surface area contributed by atoms with Crippen LogP contribution in [0.3, 0.4) is 0 Å². The maximum absolute atomic E-state index is 11.1. The van der Waals surface area contributed by atoms with Gasteiger partial charge >= 0.3 is 0 Å². The number of halogens is 1. The van der Waals surface area contributed by atoms with Crippen molar-refractivity contribution in [2.45, 2.75) is 11.3 Å². The van der Waals surface area contributed by atoms with E-state index in [2.05, 4.69) is 10.3 Å². The molecule has 1 aromatic carbocycles. The molecule has 19 heavy (non-hydrogen) atoms. The van der Waals surface area contributed by atoms with E-state index < -0.39 is 10.0 Å². The zero-order chi connectivity index (χ0) is 13.9. The summed E-state index contributed by atoms with van der Waals surface area (Å²) in [6.45, 7) is 0.693. The molecular weight excluding hydrogens is 306 g/mol. The number of primary sulfonamides is 1. The third-order valence-corrected chi connectivity index (χ3v) is 4.47. The van der Waals surface area contributed by atoms with Crippen molar-refractivity contribution in [2.75, 3.05) is 11.9 Å².